The predicted molar refractivity (Wildman–Crippen MR) is 95.0 cm³/mol. The van der Waals surface area contributed by atoms with Gasteiger partial charge in [0.05, 0.1) is 0 Å². The lowest BCUT2D eigenvalue weighted by atomic mass is 9.96. The first-order chi connectivity index (χ1) is 9.95. The zero-order chi connectivity index (χ0) is 15.6. The molecule has 0 saturated carbocycles. The van der Waals surface area contributed by atoms with E-state index in [4.69, 9.17) is 0 Å². The maximum atomic E-state index is 3.24. The summed E-state index contributed by atoms with van der Waals surface area (Å²) >= 11 is 0. The molecule has 2 aromatic carbocycles. The summed E-state index contributed by atoms with van der Waals surface area (Å²) < 4.78 is 0. The highest BCUT2D eigenvalue weighted by molar-refractivity contribution is 5.75. The van der Waals surface area contributed by atoms with Crippen LogP contribution < -0.4 is 5.32 Å². The van der Waals surface area contributed by atoms with Gasteiger partial charge in [0.15, 0.2) is 0 Å². The predicted octanol–water partition coefficient (Wildman–Crippen LogP) is 5.44. The fraction of sp³-hybridized carbons (Fsp3) is 0.300. The molecule has 0 atom stereocenters. The van der Waals surface area contributed by atoms with Gasteiger partial charge in [0, 0.05) is 12.7 Å². The summed E-state index contributed by atoms with van der Waals surface area (Å²) in [5.41, 5.74) is 10.5. The number of benzene rings is 2. The minimum Gasteiger partial charge on any atom is -0.388 e. The minimum absolute atomic E-state index is 1.20. The zero-order valence-electron chi connectivity index (χ0n) is 14.0. The Hall–Kier alpha value is -2.02. The third-order valence-corrected chi connectivity index (χ3v) is 4.64. The molecule has 0 unspecified atom stereocenters. The molecule has 2 aromatic rings. The molecule has 1 nitrogen and oxygen atoms in total. The topological polar surface area (TPSA) is 12.0 Å². The average molecular weight is 279 g/mol. The molecular formula is C20H25N. The molecule has 0 aromatic heterocycles. The molecule has 0 aliphatic carbocycles. The molecule has 110 valence electrons. The van der Waals surface area contributed by atoms with Gasteiger partial charge >= 0.3 is 0 Å². The van der Waals surface area contributed by atoms with E-state index >= 15 is 0 Å². The number of hydrogen-bond donors (Lipinski definition) is 1. The van der Waals surface area contributed by atoms with Gasteiger partial charge in [-0.3, -0.25) is 0 Å². The Morgan fingerprint density at radius 1 is 0.667 bits per heavy atom. The van der Waals surface area contributed by atoms with Crippen molar-refractivity contribution in [2.45, 2.75) is 34.6 Å². The Kier molecular flexibility index (Phi) is 4.52. The first kappa shape index (κ1) is 15.4. The maximum absolute atomic E-state index is 3.24. The van der Waals surface area contributed by atoms with Gasteiger partial charge in [0.1, 0.15) is 0 Å². The van der Waals surface area contributed by atoms with Gasteiger partial charge in [0.2, 0.25) is 0 Å². The molecule has 0 amide bonds. The second-order valence-corrected chi connectivity index (χ2v) is 5.76. The van der Waals surface area contributed by atoms with Crippen LogP contribution in [0.5, 0.6) is 0 Å². The molecule has 0 aliphatic rings. The summed E-state index contributed by atoms with van der Waals surface area (Å²) in [6.07, 6.45) is 4.45. The Morgan fingerprint density at radius 2 is 1.19 bits per heavy atom. The van der Waals surface area contributed by atoms with E-state index < -0.39 is 0 Å². The van der Waals surface area contributed by atoms with Gasteiger partial charge < -0.3 is 5.32 Å². The Morgan fingerprint density at radius 3 is 1.76 bits per heavy atom. The summed E-state index contributed by atoms with van der Waals surface area (Å²) in [6, 6.07) is 8.73. The van der Waals surface area contributed by atoms with Crippen molar-refractivity contribution >= 4 is 17.8 Å². The third-order valence-electron chi connectivity index (χ3n) is 4.64. The molecule has 2 rings (SSSR count). The maximum Gasteiger partial charge on any atom is 0.0370 e. The van der Waals surface area contributed by atoms with E-state index in [0.29, 0.717) is 0 Å². The normalized spacial score (nSPS) is 11.1. The van der Waals surface area contributed by atoms with Crippen LogP contribution in [0.1, 0.15) is 38.9 Å². The second-order valence-electron chi connectivity index (χ2n) is 5.76. The van der Waals surface area contributed by atoms with Crippen molar-refractivity contribution < 1.29 is 0 Å². The van der Waals surface area contributed by atoms with Gasteiger partial charge in [-0.25, -0.2) is 0 Å². The average Bonchev–Trinajstić information content (AvgIpc) is 2.48. The molecule has 0 spiro atoms. The van der Waals surface area contributed by atoms with Crippen LogP contribution in [-0.4, -0.2) is 7.05 Å². The number of hydrogen-bond acceptors (Lipinski definition) is 1. The van der Waals surface area contributed by atoms with Crippen molar-refractivity contribution in [1.82, 2.24) is 0 Å². The third kappa shape index (κ3) is 3.02. The fourth-order valence-electron chi connectivity index (χ4n) is 2.63. The first-order valence-electron chi connectivity index (χ1n) is 7.48. The smallest absolute Gasteiger partial charge is 0.0370 e. The quantitative estimate of drug-likeness (QED) is 0.738. The van der Waals surface area contributed by atoms with E-state index in [9.17, 15) is 0 Å². The van der Waals surface area contributed by atoms with E-state index in [1.165, 1.54) is 44.6 Å². The number of anilines is 1. The standard InChI is InChI=1S/C20H25N/c1-13-7-8-18(15(3)14(13)2)9-10-19-11-12-20(21-6)17(5)16(19)4/h7-12,21H,1-6H3/b10-9+. The Bertz CT molecular complexity index is 693. The minimum atomic E-state index is 1.20. The van der Waals surface area contributed by atoms with Crippen LogP contribution in [0.4, 0.5) is 5.69 Å². The summed E-state index contributed by atoms with van der Waals surface area (Å²) in [5.74, 6) is 0. The number of aryl methyl sites for hydroxylation is 1. The molecule has 0 bridgehead atoms. The van der Waals surface area contributed by atoms with Gasteiger partial charge in [-0.15, -0.1) is 0 Å². The lowest BCUT2D eigenvalue weighted by Crippen LogP contribution is -1.95. The van der Waals surface area contributed by atoms with E-state index in [2.05, 4.69) is 76.4 Å². The molecule has 0 fully saturated rings. The summed E-state index contributed by atoms with van der Waals surface area (Å²) in [4.78, 5) is 0. The first-order valence-corrected chi connectivity index (χ1v) is 7.48. The molecule has 1 heteroatoms. The van der Waals surface area contributed by atoms with Crippen LogP contribution in [-0.2, 0) is 0 Å². The lowest BCUT2D eigenvalue weighted by Gasteiger charge is -2.11. The van der Waals surface area contributed by atoms with Gasteiger partial charge in [-0.2, -0.15) is 0 Å². The van der Waals surface area contributed by atoms with Crippen LogP contribution in [0.25, 0.3) is 12.2 Å². The Labute approximate surface area is 128 Å². The zero-order valence-corrected chi connectivity index (χ0v) is 14.0. The summed E-state index contributed by atoms with van der Waals surface area (Å²) in [6.45, 7) is 10.9. The highest BCUT2D eigenvalue weighted by Gasteiger charge is 2.04. The van der Waals surface area contributed by atoms with Crippen molar-refractivity contribution in [3.05, 3.63) is 63.2 Å². The molecule has 0 aliphatic heterocycles. The van der Waals surface area contributed by atoms with E-state index in [1.54, 1.807) is 0 Å². The van der Waals surface area contributed by atoms with Crippen LogP contribution in [0, 0.1) is 34.6 Å². The molecular weight excluding hydrogens is 254 g/mol. The second kappa shape index (κ2) is 6.17. The lowest BCUT2D eigenvalue weighted by molar-refractivity contribution is 1.26. The van der Waals surface area contributed by atoms with Crippen LogP contribution in [0.3, 0.4) is 0 Å². The van der Waals surface area contributed by atoms with E-state index in [-0.39, 0.29) is 0 Å². The summed E-state index contributed by atoms with van der Waals surface area (Å²) in [7, 11) is 1.97. The van der Waals surface area contributed by atoms with Crippen LogP contribution in [0.15, 0.2) is 24.3 Å². The van der Waals surface area contributed by atoms with E-state index in [1.807, 2.05) is 7.05 Å². The molecule has 0 radical (unpaired) electrons. The van der Waals surface area contributed by atoms with Crippen molar-refractivity contribution in [3.8, 4) is 0 Å². The van der Waals surface area contributed by atoms with E-state index in [0.717, 1.165) is 0 Å². The van der Waals surface area contributed by atoms with Crippen LogP contribution >= 0.6 is 0 Å². The highest BCUT2D eigenvalue weighted by Crippen LogP contribution is 2.24. The van der Waals surface area contributed by atoms with Crippen molar-refractivity contribution in [2.24, 2.45) is 0 Å². The molecule has 0 saturated heterocycles. The van der Waals surface area contributed by atoms with Crippen molar-refractivity contribution in [1.29, 1.82) is 0 Å². The van der Waals surface area contributed by atoms with Crippen molar-refractivity contribution in [2.75, 3.05) is 12.4 Å². The largest absolute Gasteiger partial charge is 0.388 e. The fourth-order valence-corrected chi connectivity index (χ4v) is 2.63. The SMILES string of the molecule is CNc1ccc(/C=C/c2ccc(C)c(C)c2C)c(C)c1C. The van der Waals surface area contributed by atoms with Gasteiger partial charge in [-0.05, 0) is 79.6 Å². The van der Waals surface area contributed by atoms with Crippen molar-refractivity contribution in [3.63, 3.8) is 0 Å². The van der Waals surface area contributed by atoms with Gasteiger partial charge in [0.25, 0.3) is 0 Å². The molecule has 1 N–H and O–H groups in total. The molecule has 0 heterocycles. The monoisotopic (exact) mass is 279 g/mol. The Balaban J connectivity index is 2.39. The molecule has 21 heavy (non-hydrogen) atoms. The van der Waals surface area contributed by atoms with Gasteiger partial charge in [-0.1, -0.05) is 30.4 Å². The number of nitrogens with one attached hydrogen (secondary N) is 1. The highest BCUT2D eigenvalue weighted by atomic mass is 14.8. The van der Waals surface area contributed by atoms with Crippen LogP contribution in [0.2, 0.25) is 0 Å². The summed E-state index contributed by atoms with van der Waals surface area (Å²) in [5, 5.41) is 3.24. The number of rotatable bonds is 3.